The van der Waals surface area contributed by atoms with Crippen molar-refractivity contribution >= 4 is 29.4 Å². The lowest BCUT2D eigenvalue weighted by Gasteiger charge is -2.36. The van der Waals surface area contributed by atoms with E-state index in [0.29, 0.717) is 49.9 Å². The standard InChI is InChI=1S/C32H33ClF4N4O3/c33-23-4-1-20(2-5-23)27-18-40(19-28(27)41(25-8-9-25)31(43)44-26-10-6-24(34)7-11-26)30(42)21-13-15-39(16-14-21)29-12-3-22(17-38-29)32(35,36)37/h1-2,4-7,10-11,17,21,25,27-28H,3,8-9,12-16,18-19H2. The summed E-state index contributed by atoms with van der Waals surface area (Å²) >= 11 is 6.16. The van der Waals surface area contributed by atoms with E-state index in [4.69, 9.17) is 16.3 Å². The fraction of sp³-hybridized carbons (Fsp3) is 0.469. The first-order chi connectivity index (χ1) is 21.1. The first kappa shape index (κ1) is 30.4. The molecular formula is C32H33ClF4N4O3. The number of ether oxygens (including phenoxy) is 1. The van der Waals surface area contributed by atoms with Gasteiger partial charge in [0.25, 0.3) is 0 Å². The molecule has 2 aromatic carbocycles. The number of amidine groups is 1. The van der Waals surface area contributed by atoms with Crippen LogP contribution in [0.4, 0.5) is 22.4 Å². The number of likely N-dealkylation sites (tertiary alicyclic amines) is 2. The van der Waals surface area contributed by atoms with E-state index >= 15 is 0 Å². The Morgan fingerprint density at radius 1 is 0.932 bits per heavy atom. The number of nitrogens with zero attached hydrogens (tertiary/aromatic N) is 4. The summed E-state index contributed by atoms with van der Waals surface area (Å²) in [7, 11) is 0. The zero-order valence-electron chi connectivity index (χ0n) is 24.0. The maximum atomic E-state index is 13.9. The molecule has 3 aliphatic heterocycles. The molecule has 6 rings (SSSR count). The van der Waals surface area contributed by atoms with Crippen molar-refractivity contribution in [2.24, 2.45) is 10.9 Å². The highest BCUT2D eigenvalue weighted by Crippen LogP contribution is 2.40. The number of piperidine rings is 1. The van der Waals surface area contributed by atoms with Gasteiger partial charge in [0.1, 0.15) is 17.4 Å². The quantitative estimate of drug-likeness (QED) is 0.341. The van der Waals surface area contributed by atoms with E-state index in [1.54, 1.807) is 17.0 Å². The van der Waals surface area contributed by atoms with Gasteiger partial charge >= 0.3 is 12.3 Å². The van der Waals surface area contributed by atoms with E-state index in [0.717, 1.165) is 24.6 Å². The van der Waals surface area contributed by atoms with Gasteiger partial charge in [-0.05, 0) is 74.1 Å². The molecule has 0 radical (unpaired) electrons. The third-order valence-corrected chi connectivity index (χ3v) is 9.24. The minimum absolute atomic E-state index is 0.00998. The molecule has 44 heavy (non-hydrogen) atoms. The van der Waals surface area contributed by atoms with Crippen LogP contribution in [0.5, 0.6) is 5.75 Å². The average molecular weight is 633 g/mol. The van der Waals surface area contributed by atoms with E-state index in [2.05, 4.69) is 4.99 Å². The second kappa shape index (κ2) is 12.4. The number of alkyl halides is 3. The second-order valence-electron chi connectivity index (χ2n) is 11.9. The van der Waals surface area contributed by atoms with Crippen LogP contribution < -0.4 is 4.74 Å². The van der Waals surface area contributed by atoms with Gasteiger partial charge in [-0.2, -0.15) is 13.2 Å². The number of aliphatic imine (C=N–C) groups is 1. The SMILES string of the molecule is O=C(C1CCN(C2=NC=C(C(F)(F)F)CC2)CC1)N1CC(c2ccc(Cl)cc2)C(N(C(=O)Oc2ccc(F)cc2)C2CC2)C1. The van der Waals surface area contributed by atoms with Gasteiger partial charge < -0.3 is 14.5 Å². The number of halogens is 5. The Hall–Kier alpha value is -3.60. The van der Waals surface area contributed by atoms with Gasteiger partial charge in [0.2, 0.25) is 5.91 Å². The number of amides is 2. The molecule has 2 unspecified atom stereocenters. The predicted octanol–water partition coefficient (Wildman–Crippen LogP) is 6.79. The Bertz CT molecular complexity index is 1430. The number of rotatable bonds is 5. The van der Waals surface area contributed by atoms with E-state index < -0.39 is 23.7 Å². The Balaban J connectivity index is 1.16. The molecule has 4 aliphatic rings. The molecule has 2 amide bonds. The van der Waals surface area contributed by atoms with Gasteiger partial charge in [-0.1, -0.05) is 23.7 Å². The Labute approximate surface area is 258 Å². The van der Waals surface area contributed by atoms with Crippen molar-refractivity contribution in [1.29, 1.82) is 0 Å². The lowest BCUT2D eigenvalue weighted by molar-refractivity contribution is -0.136. The Morgan fingerprint density at radius 2 is 1.61 bits per heavy atom. The summed E-state index contributed by atoms with van der Waals surface area (Å²) in [4.78, 5) is 37.1. The topological polar surface area (TPSA) is 65.5 Å². The number of allylic oxidation sites excluding steroid dienone is 1. The number of hydrogen-bond donors (Lipinski definition) is 0. The highest BCUT2D eigenvalue weighted by molar-refractivity contribution is 6.30. The van der Waals surface area contributed by atoms with Crippen molar-refractivity contribution in [3.05, 3.63) is 76.7 Å². The van der Waals surface area contributed by atoms with Gasteiger partial charge in [0.15, 0.2) is 0 Å². The summed E-state index contributed by atoms with van der Waals surface area (Å²) in [6.07, 6.45) is -1.03. The third-order valence-electron chi connectivity index (χ3n) is 8.99. The summed E-state index contributed by atoms with van der Waals surface area (Å²) in [5.74, 6) is 0.0640. The van der Waals surface area contributed by atoms with E-state index in [-0.39, 0.29) is 48.4 Å². The van der Waals surface area contributed by atoms with Gasteiger partial charge in [-0.25, -0.2) is 14.2 Å². The third kappa shape index (κ3) is 6.72. The molecule has 0 spiro atoms. The van der Waals surface area contributed by atoms with Crippen LogP contribution in [-0.2, 0) is 4.79 Å². The van der Waals surface area contributed by atoms with Gasteiger partial charge in [-0.3, -0.25) is 9.69 Å². The summed E-state index contributed by atoms with van der Waals surface area (Å²) in [6.45, 7) is 1.86. The second-order valence-corrected chi connectivity index (χ2v) is 12.3. The Morgan fingerprint density at radius 3 is 2.20 bits per heavy atom. The minimum atomic E-state index is -4.36. The largest absolute Gasteiger partial charge is 0.415 e. The molecule has 3 heterocycles. The molecule has 12 heteroatoms. The number of hydrogen-bond acceptors (Lipinski definition) is 5. The molecule has 0 N–H and O–H groups in total. The lowest BCUT2D eigenvalue weighted by atomic mass is 9.93. The zero-order valence-corrected chi connectivity index (χ0v) is 24.7. The van der Waals surface area contributed by atoms with Crippen molar-refractivity contribution in [2.75, 3.05) is 26.2 Å². The van der Waals surface area contributed by atoms with Crippen LogP contribution in [0.25, 0.3) is 0 Å². The highest BCUT2D eigenvalue weighted by Gasteiger charge is 2.48. The van der Waals surface area contributed by atoms with Gasteiger partial charge in [0, 0.05) is 61.7 Å². The highest BCUT2D eigenvalue weighted by atomic mass is 35.5. The number of benzene rings is 2. The number of carbonyl (C=O) groups is 2. The first-order valence-corrected chi connectivity index (χ1v) is 15.3. The summed E-state index contributed by atoms with van der Waals surface area (Å²) < 4.78 is 58.1. The molecule has 2 saturated heterocycles. The van der Waals surface area contributed by atoms with Crippen LogP contribution in [0.3, 0.4) is 0 Å². The summed E-state index contributed by atoms with van der Waals surface area (Å²) in [6, 6.07) is 12.4. The molecule has 1 saturated carbocycles. The molecule has 0 aromatic heterocycles. The van der Waals surface area contributed by atoms with Crippen LogP contribution in [-0.4, -0.2) is 77.0 Å². The zero-order chi connectivity index (χ0) is 31.0. The van der Waals surface area contributed by atoms with Crippen molar-refractivity contribution < 1.29 is 31.9 Å². The van der Waals surface area contributed by atoms with E-state index in [9.17, 15) is 27.2 Å². The molecule has 2 aromatic rings. The maximum Gasteiger partial charge on any atom is 0.415 e. The van der Waals surface area contributed by atoms with Gasteiger partial charge in [0.05, 0.1) is 11.6 Å². The first-order valence-electron chi connectivity index (χ1n) is 14.9. The predicted molar refractivity (Wildman–Crippen MR) is 157 cm³/mol. The Kier molecular flexibility index (Phi) is 8.59. The van der Waals surface area contributed by atoms with E-state index in [1.807, 2.05) is 21.9 Å². The van der Waals surface area contributed by atoms with Crippen LogP contribution >= 0.6 is 11.6 Å². The summed E-state index contributed by atoms with van der Waals surface area (Å²) in [5.41, 5.74) is 0.346. The molecule has 0 bridgehead atoms. The fourth-order valence-corrected chi connectivity index (χ4v) is 6.60. The van der Waals surface area contributed by atoms with Crippen molar-refractivity contribution in [3.63, 3.8) is 0 Å². The van der Waals surface area contributed by atoms with Crippen molar-refractivity contribution in [2.45, 2.75) is 62.7 Å². The molecule has 7 nitrogen and oxygen atoms in total. The molecular weight excluding hydrogens is 600 g/mol. The van der Waals surface area contributed by atoms with Crippen molar-refractivity contribution in [3.8, 4) is 5.75 Å². The van der Waals surface area contributed by atoms with E-state index in [1.165, 1.54) is 24.3 Å². The van der Waals surface area contributed by atoms with Crippen LogP contribution in [0.15, 0.2) is 65.3 Å². The lowest BCUT2D eigenvalue weighted by Crippen LogP contribution is -2.48. The molecule has 3 fully saturated rings. The maximum absolute atomic E-state index is 13.9. The van der Waals surface area contributed by atoms with Crippen LogP contribution in [0, 0.1) is 11.7 Å². The minimum Gasteiger partial charge on any atom is -0.410 e. The average Bonchev–Trinajstić information content (AvgIpc) is 3.76. The summed E-state index contributed by atoms with van der Waals surface area (Å²) in [5, 5.41) is 0.588. The monoisotopic (exact) mass is 632 g/mol. The molecule has 1 aliphatic carbocycles. The smallest absolute Gasteiger partial charge is 0.410 e. The number of carbonyl (C=O) groups excluding carboxylic acids is 2. The van der Waals surface area contributed by atoms with Crippen molar-refractivity contribution in [1.82, 2.24) is 14.7 Å². The normalized spacial score (nSPS) is 22.8. The van der Waals surface area contributed by atoms with Crippen LogP contribution in [0.2, 0.25) is 5.02 Å². The fourth-order valence-electron chi connectivity index (χ4n) is 6.48. The molecule has 2 atom stereocenters. The molecule has 234 valence electrons. The van der Waals surface area contributed by atoms with Gasteiger partial charge in [-0.15, -0.1) is 0 Å². The van der Waals surface area contributed by atoms with Crippen LogP contribution in [0.1, 0.15) is 50.0 Å².